The van der Waals surface area contributed by atoms with Crippen LogP contribution in [0.25, 0.3) is 6.08 Å². The summed E-state index contributed by atoms with van der Waals surface area (Å²) in [5, 5.41) is 5.65. The van der Waals surface area contributed by atoms with Gasteiger partial charge in [-0.15, -0.1) is 0 Å². The van der Waals surface area contributed by atoms with Crippen molar-refractivity contribution >= 4 is 29.3 Å². The molecule has 2 amide bonds. The van der Waals surface area contributed by atoms with Crippen molar-refractivity contribution in [2.75, 3.05) is 10.6 Å². The lowest BCUT2D eigenvalue weighted by Gasteiger charge is -2.10. The third-order valence-electron chi connectivity index (χ3n) is 4.21. The summed E-state index contributed by atoms with van der Waals surface area (Å²) in [6, 6.07) is 16.0. The van der Waals surface area contributed by atoms with E-state index in [-0.39, 0.29) is 11.8 Å². The Hall–Kier alpha value is -3.60. The van der Waals surface area contributed by atoms with Gasteiger partial charge in [-0.25, -0.2) is 0 Å². The van der Waals surface area contributed by atoms with Crippen LogP contribution >= 0.6 is 0 Å². The first-order valence-electron chi connectivity index (χ1n) is 8.53. The monoisotopic (exact) mass is 360 g/mol. The van der Waals surface area contributed by atoms with Crippen molar-refractivity contribution in [2.24, 2.45) is 0 Å². The van der Waals surface area contributed by atoms with Crippen molar-refractivity contribution in [1.82, 2.24) is 0 Å². The number of hydrogen-bond donors (Lipinski definition) is 2. The molecule has 2 aromatic carbocycles. The van der Waals surface area contributed by atoms with Crippen molar-refractivity contribution in [3.63, 3.8) is 0 Å². The van der Waals surface area contributed by atoms with Gasteiger partial charge in [-0.05, 0) is 73.5 Å². The van der Waals surface area contributed by atoms with E-state index in [0.717, 1.165) is 16.8 Å². The number of anilines is 2. The Bertz CT molecular complexity index is 971. The van der Waals surface area contributed by atoms with Gasteiger partial charge in [0.15, 0.2) is 0 Å². The third-order valence-corrected chi connectivity index (χ3v) is 4.21. The lowest BCUT2D eigenvalue weighted by molar-refractivity contribution is -0.111. The van der Waals surface area contributed by atoms with Crippen LogP contribution in [0.5, 0.6) is 0 Å². The Morgan fingerprint density at radius 1 is 0.926 bits per heavy atom. The van der Waals surface area contributed by atoms with Crippen LogP contribution in [-0.4, -0.2) is 11.8 Å². The summed E-state index contributed by atoms with van der Waals surface area (Å²) in [6.07, 6.45) is 4.51. The zero-order chi connectivity index (χ0) is 19.2. The molecular formula is C22H20N2O3. The molecule has 0 saturated carbocycles. The maximum atomic E-state index is 12.4. The number of amides is 2. The van der Waals surface area contributed by atoms with Crippen LogP contribution in [0.4, 0.5) is 11.4 Å². The first-order chi connectivity index (χ1) is 13.0. The summed E-state index contributed by atoms with van der Waals surface area (Å²) >= 11 is 0. The second-order valence-corrected chi connectivity index (χ2v) is 6.12. The standard InChI is InChI=1S/C22H20N2O3/c1-15-5-3-7-20(16(15)2)24-22(26)17-8-10-18(11-9-17)23-21(25)13-12-19-6-4-14-27-19/h3-14H,1-2H3,(H,23,25)(H,24,26). The Balaban J connectivity index is 1.61. The number of rotatable bonds is 5. The largest absolute Gasteiger partial charge is 0.465 e. The van der Waals surface area contributed by atoms with Crippen LogP contribution in [0.1, 0.15) is 27.2 Å². The van der Waals surface area contributed by atoms with E-state index < -0.39 is 0 Å². The predicted molar refractivity (Wildman–Crippen MR) is 107 cm³/mol. The second kappa shape index (κ2) is 8.19. The number of carbonyl (C=O) groups is 2. The molecule has 5 heteroatoms. The molecule has 5 nitrogen and oxygen atoms in total. The van der Waals surface area contributed by atoms with Crippen molar-refractivity contribution in [1.29, 1.82) is 0 Å². The Morgan fingerprint density at radius 3 is 2.41 bits per heavy atom. The molecular weight excluding hydrogens is 340 g/mol. The first kappa shape index (κ1) is 18.2. The van der Waals surface area contributed by atoms with Gasteiger partial charge in [-0.1, -0.05) is 12.1 Å². The van der Waals surface area contributed by atoms with E-state index in [9.17, 15) is 9.59 Å². The summed E-state index contributed by atoms with van der Waals surface area (Å²) in [4.78, 5) is 24.3. The molecule has 1 aromatic heterocycles. The van der Waals surface area contributed by atoms with Gasteiger partial charge in [0.1, 0.15) is 5.76 Å². The minimum absolute atomic E-state index is 0.195. The van der Waals surface area contributed by atoms with E-state index in [1.807, 2.05) is 32.0 Å². The van der Waals surface area contributed by atoms with E-state index >= 15 is 0 Å². The van der Waals surface area contributed by atoms with Crippen molar-refractivity contribution < 1.29 is 14.0 Å². The molecule has 0 fully saturated rings. The highest BCUT2D eigenvalue weighted by molar-refractivity contribution is 6.05. The highest BCUT2D eigenvalue weighted by atomic mass is 16.3. The smallest absolute Gasteiger partial charge is 0.255 e. The molecule has 1 heterocycles. The summed E-state index contributed by atoms with van der Waals surface area (Å²) in [6.45, 7) is 3.97. The number of carbonyl (C=O) groups excluding carboxylic acids is 2. The fourth-order valence-electron chi connectivity index (χ4n) is 2.51. The lowest BCUT2D eigenvalue weighted by Crippen LogP contribution is -2.13. The molecule has 136 valence electrons. The Morgan fingerprint density at radius 2 is 1.70 bits per heavy atom. The molecule has 2 N–H and O–H groups in total. The summed E-state index contributed by atoms with van der Waals surface area (Å²) in [5.74, 6) is 0.127. The second-order valence-electron chi connectivity index (χ2n) is 6.12. The molecule has 0 aliphatic carbocycles. The minimum Gasteiger partial charge on any atom is -0.465 e. The first-order valence-corrected chi connectivity index (χ1v) is 8.53. The van der Waals surface area contributed by atoms with E-state index in [4.69, 9.17) is 4.42 Å². The zero-order valence-electron chi connectivity index (χ0n) is 15.2. The normalized spacial score (nSPS) is 10.7. The Kier molecular flexibility index (Phi) is 5.52. The van der Waals surface area contributed by atoms with Gasteiger partial charge in [-0.3, -0.25) is 9.59 Å². The van der Waals surface area contributed by atoms with Crippen molar-refractivity contribution in [2.45, 2.75) is 13.8 Å². The van der Waals surface area contributed by atoms with Crippen molar-refractivity contribution in [3.05, 3.63) is 89.4 Å². The quantitative estimate of drug-likeness (QED) is 0.642. The lowest BCUT2D eigenvalue weighted by atomic mass is 10.1. The van der Waals surface area contributed by atoms with E-state index in [2.05, 4.69) is 10.6 Å². The van der Waals surface area contributed by atoms with Crippen LogP contribution in [-0.2, 0) is 4.79 Å². The fraction of sp³-hybridized carbons (Fsp3) is 0.0909. The van der Waals surface area contributed by atoms with Gasteiger partial charge in [0.05, 0.1) is 6.26 Å². The predicted octanol–water partition coefficient (Wildman–Crippen LogP) is 4.80. The zero-order valence-corrected chi connectivity index (χ0v) is 15.2. The molecule has 0 aliphatic rings. The molecule has 0 radical (unpaired) electrons. The summed E-state index contributed by atoms with van der Waals surface area (Å²) < 4.78 is 5.13. The van der Waals surface area contributed by atoms with Crippen LogP contribution in [0.3, 0.4) is 0 Å². The fourth-order valence-corrected chi connectivity index (χ4v) is 2.51. The van der Waals surface area contributed by atoms with Crippen molar-refractivity contribution in [3.8, 4) is 0 Å². The van der Waals surface area contributed by atoms with Crippen LogP contribution in [0, 0.1) is 13.8 Å². The molecule has 0 atom stereocenters. The summed E-state index contributed by atoms with van der Waals surface area (Å²) in [5.41, 5.74) is 4.07. The molecule has 0 aliphatic heterocycles. The molecule has 3 aromatic rings. The van der Waals surface area contributed by atoms with E-state index in [1.165, 1.54) is 6.08 Å². The summed E-state index contributed by atoms with van der Waals surface area (Å²) in [7, 11) is 0. The topological polar surface area (TPSA) is 71.3 Å². The molecule has 0 unspecified atom stereocenters. The minimum atomic E-state index is -0.279. The third kappa shape index (κ3) is 4.73. The highest BCUT2D eigenvalue weighted by Crippen LogP contribution is 2.19. The van der Waals surface area contributed by atoms with Gasteiger partial charge in [0.25, 0.3) is 5.91 Å². The Labute approximate surface area is 157 Å². The van der Waals surface area contributed by atoms with Gasteiger partial charge in [0, 0.05) is 23.0 Å². The maximum Gasteiger partial charge on any atom is 0.255 e. The molecule has 3 rings (SSSR count). The molecule has 0 spiro atoms. The van der Waals surface area contributed by atoms with E-state index in [1.54, 1.807) is 48.7 Å². The van der Waals surface area contributed by atoms with Gasteiger partial charge < -0.3 is 15.1 Å². The number of furan rings is 1. The average molecular weight is 360 g/mol. The van der Waals surface area contributed by atoms with Gasteiger partial charge in [-0.2, -0.15) is 0 Å². The number of hydrogen-bond acceptors (Lipinski definition) is 3. The molecule has 0 bridgehead atoms. The van der Waals surface area contributed by atoms with Crippen LogP contribution in [0.2, 0.25) is 0 Å². The van der Waals surface area contributed by atoms with Gasteiger partial charge >= 0.3 is 0 Å². The number of benzene rings is 2. The van der Waals surface area contributed by atoms with Crippen LogP contribution in [0.15, 0.2) is 71.4 Å². The maximum absolute atomic E-state index is 12.4. The van der Waals surface area contributed by atoms with E-state index in [0.29, 0.717) is 17.0 Å². The SMILES string of the molecule is Cc1cccc(NC(=O)c2ccc(NC(=O)C=Cc3ccco3)cc2)c1C. The number of aryl methyl sites for hydroxylation is 1. The van der Waals surface area contributed by atoms with Crippen LogP contribution < -0.4 is 10.6 Å². The number of nitrogens with one attached hydrogen (secondary N) is 2. The highest BCUT2D eigenvalue weighted by Gasteiger charge is 2.09. The molecule has 0 saturated heterocycles. The molecule has 27 heavy (non-hydrogen) atoms. The average Bonchev–Trinajstić information content (AvgIpc) is 3.18. The van der Waals surface area contributed by atoms with Gasteiger partial charge in [0.2, 0.25) is 5.91 Å².